The Morgan fingerprint density at radius 3 is 2.05 bits per heavy atom. The number of ether oxygens (including phenoxy) is 2. The monoisotopic (exact) mass is 523 g/mol. The van der Waals surface area contributed by atoms with E-state index in [1.807, 2.05) is 60.7 Å². The highest BCUT2D eigenvalue weighted by atomic mass is 16.6. The highest BCUT2D eigenvalue weighted by Gasteiger charge is 2.43. The van der Waals surface area contributed by atoms with Crippen LogP contribution in [0.4, 0.5) is 4.79 Å². The second-order valence-electron chi connectivity index (χ2n) is 10.5. The molecule has 2 aromatic carbocycles. The van der Waals surface area contributed by atoms with Crippen molar-refractivity contribution in [3.8, 4) is 0 Å². The van der Waals surface area contributed by atoms with E-state index in [9.17, 15) is 19.2 Å². The van der Waals surface area contributed by atoms with Gasteiger partial charge < -0.3 is 19.3 Å². The smallest absolute Gasteiger partial charge is 0.410 e. The molecule has 0 N–H and O–H groups in total. The number of nitrogens with zero attached hydrogens (tertiary/aromatic N) is 3. The first kappa shape index (κ1) is 28.7. The largest absolute Gasteiger partial charge is 0.459 e. The molecule has 9 nitrogen and oxygen atoms in total. The summed E-state index contributed by atoms with van der Waals surface area (Å²) in [5, 5.41) is 0. The van der Waals surface area contributed by atoms with Gasteiger partial charge in [0.2, 0.25) is 11.8 Å². The van der Waals surface area contributed by atoms with Crippen LogP contribution in [0.3, 0.4) is 0 Å². The van der Waals surface area contributed by atoms with Crippen LogP contribution in [-0.4, -0.2) is 83.4 Å². The summed E-state index contributed by atoms with van der Waals surface area (Å²) in [7, 11) is 3.07. The third kappa shape index (κ3) is 7.81. The van der Waals surface area contributed by atoms with Crippen molar-refractivity contribution in [1.82, 2.24) is 14.7 Å². The molecule has 3 rings (SSSR count). The van der Waals surface area contributed by atoms with E-state index in [1.54, 1.807) is 27.8 Å². The molecule has 0 saturated carbocycles. The molecule has 9 heteroatoms. The lowest BCUT2D eigenvalue weighted by atomic mass is 9.99. The summed E-state index contributed by atoms with van der Waals surface area (Å²) in [6.45, 7) is 5.53. The van der Waals surface area contributed by atoms with Gasteiger partial charge in [-0.2, -0.15) is 0 Å². The summed E-state index contributed by atoms with van der Waals surface area (Å²) in [4.78, 5) is 56.1. The average molecular weight is 524 g/mol. The average Bonchev–Trinajstić information content (AvgIpc) is 2.84. The Morgan fingerprint density at radius 1 is 0.947 bits per heavy atom. The Hall–Kier alpha value is -3.88. The second-order valence-corrected chi connectivity index (χ2v) is 10.5. The van der Waals surface area contributed by atoms with Gasteiger partial charge in [0.1, 0.15) is 30.8 Å². The van der Waals surface area contributed by atoms with Crippen LogP contribution in [0.5, 0.6) is 0 Å². The van der Waals surface area contributed by atoms with Crippen molar-refractivity contribution in [3.05, 3.63) is 71.8 Å². The molecule has 0 aliphatic carbocycles. The number of carbonyl (C=O) groups excluding carboxylic acids is 4. The predicted molar refractivity (Wildman–Crippen MR) is 142 cm³/mol. The van der Waals surface area contributed by atoms with E-state index in [2.05, 4.69) is 0 Å². The van der Waals surface area contributed by atoms with Gasteiger partial charge in [-0.15, -0.1) is 0 Å². The topological polar surface area (TPSA) is 96.5 Å². The molecule has 1 fully saturated rings. The fraction of sp³-hybridized carbons (Fsp3) is 0.448. The Kier molecular flexibility index (Phi) is 9.50. The van der Waals surface area contributed by atoms with Crippen LogP contribution in [0.25, 0.3) is 0 Å². The van der Waals surface area contributed by atoms with Crippen LogP contribution < -0.4 is 0 Å². The number of hydrogen-bond acceptors (Lipinski definition) is 6. The lowest BCUT2D eigenvalue weighted by Crippen LogP contribution is -2.61. The van der Waals surface area contributed by atoms with Gasteiger partial charge in [-0.1, -0.05) is 60.7 Å². The third-order valence-electron chi connectivity index (χ3n) is 6.28. The molecule has 1 heterocycles. The molecule has 204 valence electrons. The van der Waals surface area contributed by atoms with E-state index >= 15 is 0 Å². The fourth-order valence-electron chi connectivity index (χ4n) is 4.18. The molecule has 0 radical (unpaired) electrons. The van der Waals surface area contributed by atoms with Crippen LogP contribution in [0.15, 0.2) is 60.7 Å². The molecular weight excluding hydrogens is 486 g/mol. The van der Waals surface area contributed by atoms with Crippen LogP contribution in [0.2, 0.25) is 0 Å². The maximum atomic E-state index is 13.5. The zero-order chi connectivity index (χ0) is 27.9. The van der Waals surface area contributed by atoms with Crippen LogP contribution in [0, 0.1) is 0 Å². The molecule has 2 atom stereocenters. The Morgan fingerprint density at radius 2 is 1.53 bits per heavy atom. The summed E-state index contributed by atoms with van der Waals surface area (Å²) in [6.07, 6.45) is 0.162. The van der Waals surface area contributed by atoms with Crippen molar-refractivity contribution >= 4 is 23.9 Å². The summed E-state index contributed by atoms with van der Waals surface area (Å²) in [5.41, 5.74) is 1.03. The summed E-state index contributed by atoms with van der Waals surface area (Å²) < 4.78 is 10.8. The zero-order valence-corrected chi connectivity index (χ0v) is 22.8. The van der Waals surface area contributed by atoms with Crippen LogP contribution in [0.1, 0.15) is 38.3 Å². The van der Waals surface area contributed by atoms with E-state index < -0.39 is 35.7 Å². The van der Waals surface area contributed by atoms with Crippen molar-refractivity contribution in [2.45, 2.75) is 57.9 Å². The molecule has 0 bridgehead atoms. The van der Waals surface area contributed by atoms with Gasteiger partial charge in [0.15, 0.2) is 0 Å². The number of hydrogen-bond donors (Lipinski definition) is 0. The summed E-state index contributed by atoms with van der Waals surface area (Å²) in [5.74, 6) is -1.28. The van der Waals surface area contributed by atoms with E-state index in [-0.39, 0.29) is 25.5 Å². The standard InChI is InChI=1S/C29H37N3O6/c1-29(2,3)38-25(33)19-30(4)26(34)24(18-21-12-8-6-9-13-21)31(5)27(35)23-16-17-32(23)28(36)37-20-22-14-10-7-11-15-22/h6-15,23-24H,16-20H2,1-5H3/t23-,24-/m0/s1. The highest BCUT2D eigenvalue weighted by molar-refractivity contribution is 5.93. The van der Waals surface area contributed by atoms with E-state index in [4.69, 9.17) is 9.47 Å². The number of likely N-dealkylation sites (N-methyl/N-ethyl adjacent to an activating group) is 2. The van der Waals surface area contributed by atoms with Crippen molar-refractivity contribution in [2.24, 2.45) is 0 Å². The molecule has 3 amide bonds. The van der Waals surface area contributed by atoms with E-state index in [1.165, 1.54) is 21.7 Å². The van der Waals surface area contributed by atoms with Gasteiger partial charge >= 0.3 is 12.1 Å². The molecule has 1 aliphatic rings. The molecule has 0 spiro atoms. The number of esters is 1. The van der Waals surface area contributed by atoms with Gasteiger partial charge in [-0.05, 0) is 38.3 Å². The SMILES string of the molecule is CN(CC(=O)OC(C)(C)C)C(=O)[C@H](Cc1ccccc1)N(C)C(=O)[C@@H]1CCN1C(=O)OCc1ccccc1. The van der Waals surface area contributed by atoms with Crippen LogP contribution >= 0.6 is 0 Å². The molecule has 0 unspecified atom stereocenters. The quantitative estimate of drug-likeness (QED) is 0.468. The van der Waals surface area contributed by atoms with Crippen molar-refractivity contribution in [2.75, 3.05) is 27.2 Å². The molecule has 1 aliphatic heterocycles. The number of benzene rings is 2. The van der Waals surface area contributed by atoms with Crippen LogP contribution in [-0.2, 0) is 36.9 Å². The Bertz CT molecular complexity index is 1120. The second kappa shape index (κ2) is 12.6. The Labute approximate surface area is 224 Å². The minimum atomic E-state index is -0.875. The lowest BCUT2D eigenvalue weighted by Gasteiger charge is -2.42. The van der Waals surface area contributed by atoms with Gasteiger partial charge in [0.25, 0.3) is 0 Å². The fourth-order valence-corrected chi connectivity index (χ4v) is 4.18. The minimum Gasteiger partial charge on any atom is -0.459 e. The van der Waals surface area contributed by atoms with E-state index in [0.717, 1.165) is 11.1 Å². The van der Waals surface area contributed by atoms with Gasteiger partial charge in [-0.25, -0.2) is 4.79 Å². The molecule has 2 aromatic rings. The van der Waals surface area contributed by atoms with Gasteiger partial charge in [0, 0.05) is 27.1 Å². The van der Waals surface area contributed by atoms with E-state index in [0.29, 0.717) is 13.0 Å². The number of likely N-dealkylation sites (tertiary alicyclic amines) is 1. The first-order valence-corrected chi connectivity index (χ1v) is 12.7. The molecule has 38 heavy (non-hydrogen) atoms. The predicted octanol–water partition coefficient (Wildman–Crippen LogP) is 3.27. The highest BCUT2D eigenvalue weighted by Crippen LogP contribution is 2.23. The summed E-state index contributed by atoms with van der Waals surface area (Å²) >= 11 is 0. The lowest BCUT2D eigenvalue weighted by molar-refractivity contribution is -0.159. The molecule has 1 saturated heterocycles. The zero-order valence-electron chi connectivity index (χ0n) is 22.8. The Balaban J connectivity index is 1.70. The van der Waals surface area contributed by atoms with Crippen molar-refractivity contribution < 1.29 is 28.7 Å². The van der Waals surface area contributed by atoms with Crippen molar-refractivity contribution in [3.63, 3.8) is 0 Å². The van der Waals surface area contributed by atoms with Crippen molar-refractivity contribution in [1.29, 1.82) is 0 Å². The molecular formula is C29H37N3O6. The maximum Gasteiger partial charge on any atom is 0.410 e. The maximum absolute atomic E-state index is 13.5. The number of amides is 3. The normalized spacial score (nSPS) is 15.6. The first-order chi connectivity index (χ1) is 18.0. The third-order valence-corrected chi connectivity index (χ3v) is 6.28. The molecule has 0 aromatic heterocycles. The number of carbonyl (C=O) groups is 4. The van der Waals surface area contributed by atoms with Gasteiger partial charge in [-0.3, -0.25) is 19.3 Å². The summed E-state index contributed by atoms with van der Waals surface area (Å²) in [6, 6.07) is 17.1. The minimum absolute atomic E-state index is 0.109. The van der Waals surface area contributed by atoms with Gasteiger partial charge in [0.05, 0.1) is 0 Å². The first-order valence-electron chi connectivity index (χ1n) is 12.7. The number of rotatable bonds is 9.